The summed E-state index contributed by atoms with van der Waals surface area (Å²) in [6.45, 7) is 44.0. The smallest absolute Gasteiger partial charge is 0.0352 e. The molecule has 0 heteroatoms. The fraction of sp³-hybridized carbons (Fsp3) is 1.00. The maximum absolute atomic E-state index is 2.00. The van der Waals surface area contributed by atoms with E-state index in [1.165, 1.54) is 59.2 Å². The van der Waals surface area contributed by atoms with Gasteiger partial charge in [-0.25, -0.2) is 0 Å². The minimum atomic E-state index is 1.15. The molecule has 11 fully saturated rings. The molecule has 0 heterocycles. The molecule has 0 spiro atoms. The lowest BCUT2D eigenvalue weighted by Crippen LogP contribution is -2.45. The predicted molar refractivity (Wildman–Crippen MR) is 333 cm³/mol. The van der Waals surface area contributed by atoms with Crippen LogP contribution in [0.1, 0.15) is 364 Å². The molecule has 0 bridgehead atoms. The van der Waals surface area contributed by atoms with E-state index in [0.717, 1.165) is 35.5 Å². The van der Waals surface area contributed by atoms with Crippen molar-refractivity contribution in [2.75, 3.05) is 0 Å². The Bertz CT molecular complexity index is 975. The number of hydrogen-bond acceptors (Lipinski definition) is 0. The summed E-state index contributed by atoms with van der Waals surface area (Å²) in [7, 11) is 0. The van der Waals surface area contributed by atoms with Crippen LogP contribution in [0.5, 0.6) is 0 Å². The van der Waals surface area contributed by atoms with Gasteiger partial charge in [0.1, 0.15) is 0 Å². The Kier molecular flexibility index (Phi) is 53.8. The van der Waals surface area contributed by atoms with Crippen LogP contribution in [0.3, 0.4) is 0 Å². The van der Waals surface area contributed by atoms with Crippen molar-refractivity contribution in [1.82, 2.24) is 0 Å². The van der Waals surface area contributed by atoms with Crippen LogP contribution in [0.25, 0.3) is 0 Å². The fourth-order valence-corrected chi connectivity index (χ4v) is 17.8. The molecule has 16 unspecified atom stereocenters. The number of rotatable bonds is 0. The van der Waals surface area contributed by atoms with E-state index in [2.05, 4.69) is 0 Å². The van der Waals surface area contributed by atoms with Crippen LogP contribution in [-0.4, -0.2) is 0 Å². The second kappa shape index (κ2) is 50.8. The van der Waals surface area contributed by atoms with Crippen molar-refractivity contribution in [3.8, 4) is 0 Å². The van der Waals surface area contributed by atoms with E-state index >= 15 is 0 Å². The molecule has 71 heavy (non-hydrogen) atoms. The molecule has 0 amide bonds. The van der Waals surface area contributed by atoms with Crippen LogP contribution in [0.4, 0.5) is 0 Å². The van der Waals surface area contributed by atoms with Crippen LogP contribution in [0, 0.1) is 94.7 Å². The minimum Gasteiger partial charge on any atom is -0.0683 e. The van der Waals surface area contributed by atoms with E-state index < -0.39 is 0 Å². The van der Waals surface area contributed by atoms with Crippen molar-refractivity contribution in [2.45, 2.75) is 364 Å². The third kappa shape index (κ3) is 23.2. The summed E-state index contributed by atoms with van der Waals surface area (Å²) in [6, 6.07) is 0. The van der Waals surface area contributed by atoms with Crippen LogP contribution in [0.2, 0.25) is 0 Å². The van der Waals surface area contributed by atoms with E-state index in [1.807, 2.05) is 152 Å². The van der Waals surface area contributed by atoms with E-state index in [4.69, 9.17) is 0 Å². The van der Waals surface area contributed by atoms with Crippen molar-refractivity contribution in [3.05, 3.63) is 0 Å². The molecule has 0 aliphatic heterocycles. The Hall–Kier alpha value is 0. The molecule has 0 aromatic heterocycles. The molecule has 11 saturated carbocycles. The maximum Gasteiger partial charge on any atom is -0.0352 e. The van der Waals surface area contributed by atoms with Gasteiger partial charge in [-0.2, -0.15) is 0 Å². The first-order chi connectivity index (χ1) is 35.3. The lowest BCUT2D eigenvalue weighted by molar-refractivity contribution is -0.0408. The zero-order chi connectivity index (χ0) is 54.6. The zero-order valence-corrected chi connectivity index (χ0v) is 54.6. The molecule has 11 rings (SSSR count). The Morgan fingerprint density at radius 3 is 0.437 bits per heavy atom. The van der Waals surface area contributed by atoms with Gasteiger partial charge in [0.2, 0.25) is 0 Å². The van der Waals surface area contributed by atoms with Gasteiger partial charge in [-0.3, -0.25) is 0 Å². The standard InChI is InChI=1S/C18H30.C17H28.C14H24.11C2H6/c1-3-7-15-13(5-1)9-11-18-16-8-4-2-6-14(16)10-12-17(15)18;1-2-6-14-12(4-1)8-10-17-15-7-3-5-13(15)9-11-16(14)17;1-3-7-13-11(5-1)9-10-12-6-2-4-8-14(12)13;11*1-2/h13-18H,1-12H2;12-17H,1-11H2;11-14H,1-10H2;11*1-2H3. The van der Waals surface area contributed by atoms with E-state index in [1.54, 1.807) is 212 Å². The summed E-state index contributed by atoms with van der Waals surface area (Å²) >= 11 is 0. The van der Waals surface area contributed by atoms with Crippen molar-refractivity contribution in [2.24, 2.45) is 94.7 Å². The summed E-state index contributed by atoms with van der Waals surface area (Å²) in [4.78, 5) is 0. The summed E-state index contributed by atoms with van der Waals surface area (Å²) < 4.78 is 0. The molecule has 432 valence electrons. The Labute approximate surface area is 456 Å². The molecule has 0 N–H and O–H groups in total. The second-order valence-corrected chi connectivity index (χ2v) is 21.4. The molecule has 11 aliphatic carbocycles. The fourth-order valence-electron chi connectivity index (χ4n) is 17.8. The highest BCUT2D eigenvalue weighted by molar-refractivity contribution is 4.99. The van der Waals surface area contributed by atoms with Crippen LogP contribution >= 0.6 is 0 Å². The molecule has 0 radical (unpaired) electrons. The third-order valence-electron chi connectivity index (χ3n) is 19.8. The summed E-state index contributed by atoms with van der Waals surface area (Å²) in [5.74, 6) is 18.6. The van der Waals surface area contributed by atoms with Gasteiger partial charge in [0.05, 0.1) is 0 Å². The quantitative estimate of drug-likeness (QED) is 0.227. The van der Waals surface area contributed by atoms with E-state index in [-0.39, 0.29) is 0 Å². The Morgan fingerprint density at radius 2 is 0.239 bits per heavy atom. The van der Waals surface area contributed by atoms with Gasteiger partial charge in [0.25, 0.3) is 0 Å². The van der Waals surface area contributed by atoms with Crippen LogP contribution in [-0.2, 0) is 0 Å². The maximum atomic E-state index is 2.00. The summed E-state index contributed by atoms with van der Waals surface area (Å²) in [5.41, 5.74) is 0. The predicted octanol–water partition coefficient (Wildman–Crippen LogP) is 26.1. The minimum absolute atomic E-state index is 1.15. The van der Waals surface area contributed by atoms with Crippen molar-refractivity contribution in [1.29, 1.82) is 0 Å². The van der Waals surface area contributed by atoms with Crippen LogP contribution in [0.15, 0.2) is 0 Å². The van der Waals surface area contributed by atoms with Gasteiger partial charge in [0, 0.05) is 0 Å². The van der Waals surface area contributed by atoms with E-state index in [0.29, 0.717) is 0 Å². The molecule has 16 atom stereocenters. The second-order valence-electron chi connectivity index (χ2n) is 21.4. The van der Waals surface area contributed by atoms with Crippen molar-refractivity contribution < 1.29 is 0 Å². The monoisotopic (exact) mass is 1000 g/mol. The van der Waals surface area contributed by atoms with Crippen molar-refractivity contribution >= 4 is 0 Å². The first kappa shape index (κ1) is 75.2. The topological polar surface area (TPSA) is 0 Å². The average Bonchev–Trinajstić information content (AvgIpc) is 4.01. The normalized spacial score (nSPS) is 36.4. The van der Waals surface area contributed by atoms with Gasteiger partial charge in [-0.15, -0.1) is 0 Å². The summed E-state index contributed by atoms with van der Waals surface area (Å²) in [5, 5.41) is 0. The molecule has 0 saturated heterocycles. The molecule has 11 aliphatic rings. The molecule has 0 nitrogen and oxygen atoms in total. The first-order valence-corrected chi connectivity index (χ1v) is 35.3. The summed E-state index contributed by atoms with van der Waals surface area (Å²) in [6.07, 6.45) is 52.2. The number of hydrogen-bond donors (Lipinski definition) is 0. The Balaban J connectivity index is -0.000000821. The van der Waals surface area contributed by atoms with Gasteiger partial charge in [-0.1, -0.05) is 261 Å². The lowest BCUT2D eigenvalue weighted by Gasteiger charge is -2.54. The highest BCUT2D eigenvalue weighted by Crippen LogP contribution is 2.59. The lowest BCUT2D eigenvalue weighted by atomic mass is 9.51. The van der Waals surface area contributed by atoms with Gasteiger partial charge in [0.15, 0.2) is 0 Å². The molecule has 0 aromatic carbocycles. The van der Waals surface area contributed by atoms with Crippen molar-refractivity contribution in [3.63, 3.8) is 0 Å². The number of fused-ring (bicyclic) bond motifs is 13. The highest BCUT2D eigenvalue weighted by atomic mass is 14.5. The Morgan fingerprint density at radius 1 is 0.113 bits per heavy atom. The third-order valence-corrected chi connectivity index (χ3v) is 19.8. The SMILES string of the molecule is C1CCC2C(C1)CCC1C3CCCC3CCC21.C1CCC2C(C1)CCC1C3CCCCC3CCC21.C1CCC2C(C1)CCC1CCCCC12.CC.CC.CC.CC.CC.CC.CC.CC.CC.CC.CC. The van der Waals surface area contributed by atoms with Gasteiger partial charge < -0.3 is 0 Å². The van der Waals surface area contributed by atoms with Crippen LogP contribution < -0.4 is 0 Å². The molecular weight excluding hydrogens is 853 g/mol. The van der Waals surface area contributed by atoms with E-state index in [9.17, 15) is 0 Å². The molecular formula is C71H148. The largest absolute Gasteiger partial charge is 0.0683 e. The highest BCUT2D eigenvalue weighted by Gasteiger charge is 2.49. The van der Waals surface area contributed by atoms with Gasteiger partial charge >= 0.3 is 0 Å². The first-order valence-electron chi connectivity index (χ1n) is 35.3. The van der Waals surface area contributed by atoms with Gasteiger partial charge in [-0.05, 0) is 197 Å². The zero-order valence-electron chi connectivity index (χ0n) is 54.6. The molecule has 0 aromatic rings. The average molecular weight is 1000 g/mol.